The van der Waals surface area contributed by atoms with Gasteiger partial charge in [0, 0.05) is 5.69 Å². The average Bonchev–Trinajstić information content (AvgIpc) is 2.50. The van der Waals surface area contributed by atoms with E-state index in [9.17, 15) is 4.79 Å². The molecule has 4 N–H and O–H groups in total. The molecule has 1 aromatic heterocycles. The van der Waals surface area contributed by atoms with Crippen LogP contribution in [0.15, 0.2) is 18.2 Å². The molecule has 0 atom stereocenters. The molecule has 0 saturated heterocycles. The van der Waals surface area contributed by atoms with Gasteiger partial charge in [0.05, 0.1) is 11.0 Å². The summed E-state index contributed by atoms with van der Waals surface area (Å²) in [6.45, 7) is 5.36. The lowest BCUT2D eigenvalue weighted by Gasteiger charge is -2.19. The van der Waals surface area contributed by atoms with Crippen LogP contribution in [0.3, 0.4) is 0 Å². The quantitative estimate of drug-likeness (QED) is 0.695. The van der Waals surface area contributed by atoms with Gasteiger partial charge in [-0.25, -0.2) is 14.3 Å². The van der Waals surface area contributed by atoms with Crippen LogP contribution in [0, 0.1) is 0 Å². The van der Waals surface area contributed by atoms with E-state index in [0.717, 1.165) is 0 Å². The van der Waals surface area contributed by atoms with E-state index >= 15 is 0 Å². The zero-order valence-corrected chi connectivity index (χ0v) is 10.6. The molecule has 0 radical (unpaired) electrons. The van der Waals surface area contributed by atoms with Crippen LogP contribution in [0.2, 0.25) is 0 Å². The molecule has 0 amide bonds. The second kappa shape index (κ2) is 3.90. The van der Waals surface area contributed by atoms with E-state index in [0.29, 0.717) is 16.7 Å². The molecule has 1 aromatic carbocycles. The second-order valence-electron chi connectivity index (χ2n) is 5.03. The first kappa shape index (κ1) is 12.2. The average molecular weight is 248 g/mol. The third-order valence-electron chi connectivity index (χ3n) is 2.28. The number of rotatable bonds is 0. The summed E-state index contributed by atoms with van der Waals surface area (Å²) >= 11 is 0. The molecular weight excluding hydrogens is 232 g/mol. The Hall–Kier alpha value is -2.24. The number of fused-ring (bicyclic) bond motifs is 1. The van der Waals surface area contributed by atoms with Crippen LogP contribution >= 0.6 is 0 Å². The Bertz CT molecular complexity index is 610. The second-order valence-corrected chi connectivity index (χ2v) is 5.03. The molecule has 18 heavy (non-hydrogen) atoms. The van der Waals surface area contributed by atoms with Crippen LogP contribution in [0.5, 0.6) is 0 Å². The molecule has 0 unspecified atom stereocenters. The highest BCUT2D eigenvalue weighted by atomic mass is 16.6. The molecule has 0 spiro atoms. The number of carbonyl (C=O) groups excluding carboxylic acids is 1. The molecule has 1 heterocycles. The first-order valence-corrected chi connectivity index (χ1v) is 5.55. The Morgan fingerprint density at radius 3 is 2.61 bits per heavy atom. The Morgan fingerprint density at radius 2 is 2.00 bits per heavy atom. The summed E-state index contributed by atoms with van der Waals surface area (Å²) in [5.41, 5.74) is 12.5. The molecule has 0 fully saturated rings. The van der Waals surface area contributed by atoms with E-state index in [1.807, 2.05) is 0 Å². The standard InChI is InChI=1S/C12H16N4O2/c1-12(2,3)18-11(17)16-9-6-7(13)4-5-8(9)15-10(16)14/h4-6H,13H2,1-3H3,(H2,14,15). The molecule has 96 valence electrons. The third-order valence-corrected chi connectivity index (χ3v) is 2.28. The molecule has 0 aliphatic rings. The van der Waals surface area contributed by atoms with Crippen molar-refractivity contribution in [1.82, 2.24) is 9.55 Å². The number of nitrogens with zero attached hydrogens (tertiary/aromatic N) is 2. The van der Waals surface area contributed by atoms with Crippen LogP contribution in [0.25, 0.3) is 11.0 Å². The fourth-order valence-electron chi connectivity index (χ4n) is 1.61. The van der Waals surface area contributed by atoms with Gasteiger partial charge in [-0.3, -0.25) is 0 Å². The molecule has 0 bridgehead atoms. The van der Waals surface area contributed by atoms with Gasteiger partial charge in [-0.1, -0.05) is 0 Å². The predicted molar refractivity (Wildman–Crippen MR) is 70.2 cm³/mol. The van der Waals surface area contributed by atoms with Gasteiger partial charge in [0.1, 0.15) is 5.60 Å². The fourth-order valence-corrected chi connectivity index (χ4v) is 1.61. The Balaban J connectivity index is 2.53. The molecule has 6 nitrogen and oxygen atoms in total. The Labute approximate surface area is 105 Å². The summed E-state index contributed by atoms with van der Waals surface area (Å²) in [6.07, 6.45) is -0.562. The minimum atomic E-state index is -0.597. The number of nitrogen functional groups attached to an aromatic ring is 2. The minimum absolute atomic E-state index is 0.0878. The fraction of sp³-hybridized carbons (Fsp3) is 0.333. The summed E-state index contributed by atoms with van der Waals surface area (Å²) < 4.78 is 6.49. The maximum absolute atomic E-state index is 12.0. The summed E-state index contributed by atoms with van der Waals surface area (Å²) in [5, 5.41) is 0. The van der Waals surface area contributed by atoms with Gasteiger partial charge < -0.3 is 16.2 Å². The monoisotopic (exact) mass is 248 g/mol. The maximum atomic E-state index is 12.0. The summed E-state index contributed by atoms with van der Waals surface area (Å²) in [6, 6.07) is 5.05. The van der Waals surface area contributed by atoms with Crippen LogP contribution in [-0.4, -0.2) is 21.2 Å². The molecule has 2 rings (SSSR count). The molecular formula is C12H16N4O2. The predicted octanol–water partition coefficient (Wildman–Crippen LogP) is 1.98. The summed E-state index contributed by atoms with van der Waals surface area (Å²) in [4.78, 5) is 16.1. The maximum Gasteiger partial charge on any atom is 0.421 e. The van der Waals surface area contributed by atoms with Crippen molar-refractivity contribution in [2.24, 2.45) is 0 Å². The van der Waals surface area contributed by atoms with Crippen LogP contribution < -0.4 is 11.5 Å². The van der Waals surface area contributed by atoms with Crippen molar-refractivity contribution in [2.75, 3.05) is 11.5 Å². The van der Waals surface area contributed by atoms with E-state index in [1.54, 1.807) is 39.0 Å². The topological polar surface area (TPSA) is 96.2 Å². The van der Waals surface area contributed by atoms with Gasteiger partial charge >= 0.3 is 6.09 Å². The van der Waals surface area contributed by atoms with Gasteiger partial charge in [0.2, 0.25) is 5.95 Å². The molecule has 2 aromatic rings. The van der Waals surface area contributed by atoms with E-state index in [4.69, 9.17) is 16.2 Å². The van der Waals surface area contributed by atoms with Crippen molar-refractivity contribution >= 4 is 28.8 Å². The highest BCUT2D eigenvalue weighted by molar-refractivity contribution is 5.91. The number of carbonyl (C=O) groups is 1. The van der Waals surface area contributed by atoms with E-state index in [1.165, 1.54) is 4.57 Å². The zero-order chi connectivity index (χ0) is 13.5. The molecule has 0 aliphatic heterocycles. The third kappa shape index (κ3) is 2.22. The summed E-state index contributed by atoms with van der Waals surface area (Å²) in [5.74, 6) is 0.0878. The Kier molecular flexibility index (Phi) is 2.65. The largest absolute Gasteiger partial charge is 0.443 e. The van der Waals surface area contributed by atoms with Crippen molar-refractivity contribution < 1.29 is 9.53 Å². The van der Waals surface area contributed by atoms with E-state index < -0.39 is 11.7 Å². The number of nitrogens with two attached hydrogens (primary N) is 2. The lowest BCUT2D eigenvalue weighted by atomic mass is 10.2. The molecule has 0 aliphatic carbocycles. The zero-order valence-electron chi connectivity index (χ0n) is 10.6. The first-order valence-electron chi connectivity index (χ1n) is 5.55. The van der Waals surface area contributed by atoms with Crippen LogP contribution in [-0.2, 0) is 4.74 Å². The number of ether oxygens (including phenoxy) is 1. The van der Waals surface area contributed by atoms with Gasteiger partial charge in [-0.15, -0.1) is 0 Å². The number of anilines is 2. The van der Waals surface area contributed by atoms with Gasteiger partial charge in [0.25, 0.3) is 0 Å². The molecule has 6 heteroatoms. The van der Waals surface area contributed by atoms with Crippen LogP contribution in [0.1, 0.15) is 20.8 Å². The van der Waals surface area contributed by atoms with E-state index in [2.05, 4.69) is 4.98 Å². The van der Waals surface area contributed by atoms with E-state index in [-0.39, 0.29) is 5.95 Å². The van der Waals surface area contributed by atoms with Crippen molar-refractivity contribution in [3.8, 4) is 0 Å². The Morgan fingerprint density at radius 1 is 1.33 bits per heavy atom. The SMILES string of the molecule is CC(C)(C)OC(=O)n1c(N)nc2ccc(N)cc21. The number of aromatic nitrogens is 2. The normalized spacial score (nSPS) is 11.7. The first-order chi connectivity index (χ1) is 8.28. The minimum Gasteiger partial charge on any atom is -0.443 e. The highest BCUT2D eigenvalue weighted by Crippen LogP contribution is 2.22. The van der Waals surface area contributed by atoms with Crippen molar-refractivity contribution in [2.45, 2.75) is 26.4 Å². The lowest BCUT2D eigenvalue weighted by molar-refractivity contribution is 0.0547. The summed E-state index contributed by atoms with van der Waals surface area (Å²) in [7, 11) is 0. The number of imidazole rings is 1. The smallest absolute Gasteiger partial charge is 0.421 e. The van der Waals surface area contributed by atoms with Gasteiger partial charge in [-0.2, -0.15) is 0 Å². The number of benzene rings is 1. The molecule has 0 saturated carbocycles. The highest BCUT2D eigenvalue weighted by Gasteiger charge is 2.22. The number of hydrogen-bond acceptors (Lipinski definition) is 5. The lowest BCUT2D eigenvalue weighted by Crippen LogP contribution is -2.27. The van der Waals surface area contributed by atoms with Crippen molar-refractivity contribution in [3.63, 3.8) is 0 Å². The van der Waals surface area contributed by atoms with Gasteiger partial charge in [-0.05, 0) is 39.0 Å². The van der Waals surface area contributed by atoms with Gasteiger partial charge in [0.15, 0.2) is 0 Å². The van der Waals surface area contributed by atoms with Crippen molar-refractivity contribution in [3.05, 3.63) is 18.2 Å². The number of hydrogen-bond donors (Lipinski definition) is 2. The van der Waals surface area contributed by atoms with Crippen LogP contribution in [0.4, 0.5) is 16.4 Å². The van der Waals surface area contributed by atoms with Crippen molar-refractivity contribution in [1.29, 1.82) is 0 Å².